The number of benzene rings is 2. The molecule has 0 spiro atoms. The monoisotopic (exact) mass is 304 g/mol. The van der Waals surface area contributed by atoms with E-state index in [-0.39, 0.29) is 5.69 Å². The number of hydrogen-bond donors (Lipinski definition) is 1. The molecule has 0 radical (unpaired) electrons. The third-order valence-corrected chi connectivity index (χ3v) is 3.74. The Kier molecular flexibility index (Phi) is 5.17. The number of nitrogens with zero attached hydrogens (tertiary/aromatic N) is 1. The summed E-state index contributed by atoms with van der Waals surface area (Å²) in [6, 6.07) is 14.8. The molecule has 0 bridgehead atoms. The van der Waals surface area contributed by atoms with E-state index in [1.807, 2.05) is 18.2 Å². The van der Waals surface area contributed by atoms with E-state index in [4.69, 9.17) is 11.6 Å². The van der Waals surface area contributed by atoms with E-state index in [1.54, 1.807) is 6.07 Å². The molecular weight excluding hydrogens is 288 g/mol. The number of nitrogens with one attached hydrogen (secondary N) is 1. The molecule has 0 aliphatic heterocycles. The van der Waals surface area contributed by atoms with Crippen LogP contribution in [-0.4, -0.2) is 11.5 Å². The molecule has 0 saturated heterocycles. The molecular formula is C16H17ClN2O2. The zero-order chi connectivity index (χ0) is 15.2. The molecule has 0 aromatic heterocycles. The van der Waals surface area contributed by atoms with E-state index < -0.39 is 4.92 Å². The summed E-state index contributed by atoms with van der Waals surface area (Å²) < 4.78 is 0. The molecule has 1 N–H and O–H groups in total. The average molecular weight is 305 g/mol. The Labute approximate surface area is 128 Å². The van der Waals surface area contributed by atoms with Gasteiger partial charge in [0.05, 0.1) is 15.6 Å². The Balaban J connectivity index is 1.90. The van der Waals surface area contributed by atoms with Crippen LogP contribution < -0.4 is 5.32 Å². The fraction of sp³-hybridized carbons (Fsp3) is 0.250. The van der Waals surface area contributed by atoms with Crippen molar-refractivity contribution in [3.63, 3.8) is 0 Å². The van der Waals surface area contributed by atoms with Crippen molar-refractivity contribution in [2.75, 3.05) is 11.9 Å². The van der Waals surface area contributed by atoms with Gasteiger partial charge in [-0.1, -0.05) is 48.9 Å². The highest BCUT2D eigenvalue weighted by Gasteiger charge is 2.10. The quantitative estimate of drug-likeness (QED) is 0.613. The molecule has 0 amide bonds. The first kappa shape index (κ1) is 15.3. The van der Waals surface area contributed by atoms with Crippen LogP contribution in [0.3, 0.4) is 0 Å². The molecule has 2 aromatic carbocycles. The third kappa shape index (κ3) is 4.20. The molecule has 1 atom stereocenters. The van der Waals surface area contributed by atoms with Gasteiger partial charge in [-0.2, -0.15) is 0 Å². The number of nitro benzene ring substituents is 1. The van der Waals surface area contributed by atoms with Gasteiger partial charge in [-0.15, -0.1) is 0 Å². The van der Waals surface area contributed by atoms with Crippen LogP contribution in [0, 0.1) is 10.1 Å². The van der Waals surface area contributed by atoms with Gasteiger partial charge in [0.15, 0.2) is 0 Å². The predicted molar refractivity (Wildman–Crippen MR) is 86.1 cm³/mol. The highest BCUT2D eigenvalue weighted by atomic mass is 35.5. The molecule has 2 rings (SSSR count). The molecule has 2 aromatic rings. The van der Waals surface area contributed by atoms with Crippen molar-refractivity contribution in [1.82, 2.24) is 0 Å². The van der Waals surface area contributed by atoms with Gasteiger partial charge in [-0.3, -0.25) is 10.1 Å². The van der Waals surface area contributed by atoms with E-state index >= 15 is 0 Å². The normalized spacial score (nSPS) is 11.9. The average Bonchev–Trinajstić information content (AvgIpc) is 2.49. The molecule has 5 heteroatoms. The summed E-state index contributed by atoms with van der Waals surface area (Å²) >= 11 is 6.04. The number of anilines is 1. The van der Waals surface area contributed by atoms with Gasteiger partial charge in [-0.25, -0.2) is 0 Å². The summed E-state index contributed by atoms with van der Waals surface area (Å²) in [4.78, 5) is 10.2. The van der Waals surface area contributed by atoms with E-state index in [2.05, 4.69) is 24.4 Å². The van der Waals surface area contributed by atoms with Crippen LogP contribution in [-0.2, 0) is 0 Å². The van der Waals surface area contributed by atoms with Crippen LogP contribution in [0.5, 0.6) is 0 Å². The Bertz CT molecular complexity index is 617. The van der Waals surface area contributed by atoms with E-state index in [1.165, 1.54) is 17.7 Å². The standard InChI is InChI=1S/C16H17ClN2O2/c1-12(13-5-3-2-4-6-13)9-10-18-16-8-7-14(19(20)21)11-15(16)17/h2-8,11-12,18H,9-10H2,1H3. The number of nitro groups is 1. The predicted octanol–water partition coefficient (Wildman–Crippen LogP) is 4.85. The van der Waals surface area contributed by atoms with Crippen LogP contribution in [0.1, 0.15) is 24.8 Å². The second-order valence-corrected chi connectivity index (χ2v) is 5.36. The van der Waals surface area contributed by atoms with Crippen molar-refractivity contribution in [1.29, 1.82) is 0 Å². The van der Waals surface area contributed by atoms with Crippen LogP contribution >= 0.6 is 11.6 Å². The fourth-order valence-corrected chi connectivity index (χ4v) is 2.37. The van der Waals surface area contributed by atoms with E-state index in [0.717, 1.165) is 18.7 Å². The Hall–Kier alpha value is -2.07. The van der Waals surface area contributed by atoms with Crippen LogP contribution in [0.15, 0.2) is 48.5 Å². The molecule has 0 fully saturated rings. The van der Waals surface area contributed by atoms with Crippen molar-refractivity contribution in [2.24, 2.45) is 0 Å². The Morgan fingerprint density at radius 1 is 1.24 bits per heavy atom. The van der Waals surface area contributed by atoms with Crippen molar-refractivity contribution < 1.29 is 4.92 Å². The molecule has 0 heterocycles. The summed E-state index contributed by atoms with van der Waals surface area (Å²) in [7, 11) is 0. The van der Waals surface area contributed by atoms with E-state index in [9.17, 15) is 10.1 Å². The lowest BCUT2D eigenvalue weighted by atomic mass is 9.98. The lowest BCUT2D eigenvalue weighted by molar-refractivity contribution is -0.384. The maximum atomic E-state index is 10.7. The first-order valence-electron chi connectivity index (χ1n) is 6.80. The van der Waals surface area contributed by atoms with Crippen LogP contribution in [0.4, 0.5) is 11.4 Å². The fourth-order valence-electron chi connectivity index (χ4n) is 2.13. The van der Waals surface area contributed by atoms with Gasteiger partial charge in [-0.05, 0) is 24.0 Å². The largest absolute Gasteiger partial charge is 0.384 e. The lowest BCUT2D eigenvalue weighted by Gasteiger charge is -2.13. The molecule has 0 aliphatic rings. The van der Waals surface area contributed by atoms with Gasteiger partial charge in [0.1, 0.15) is 0 Å². The molecule has 1 unspecified atom stereocenters. The summed E-state index contributed by atoms with van der Waals surface area (Å²) in [6.07, 6.45) is 0.956. The Morgan fingerprint density at radius 2 is 1.95 bits per heavy atom. The van der Waals surface area contributed by atoms with Crippen molar-refractivity contribution in [3.8, 4) is 0 Å². The number of hydrogen-bond acceptors (Lipinski definition) is 3. The summed E-state index contributed by atoms with van der Waals surface area (Å²) in [5.74, 6) is 0.440. The maximum absolute atomic E-state index is 10.7. The first-order valence-corrected chi connectivity index (χ1v) is 7.18. The summed E-state index contributed by atoms with van der Waals surface area (Å²) in [5, 5.41) is 14.2. The molecule has 0 aliphatic carbocycles. The SMILES string of the molecule is CC(CCNc1ccc([N+](=O)[O-])cc1Cl)c1ccccc1. The van der Waals surface area contributed by atoms with Gasteiger partial charge >= 0.3 is 0 Å². The molecule has 21 heavy (non-hydrogen) atoms. The Morgan fingerprint density at radius 3 is 2.57 bits per heavy atom. The highest BCUT2D eigenvalue weighted by Crippen LogP contribution is 2.27. The summed E-state index contributed by atoms with van der Waals surface area (Å²) in [5.41, 5.74) is 2.03. The topological polar surface area (TPSA) is 55.2 Å². The third-order valence-electron chi connectivity index (χ3n) is 3.42. The smallest absolute Gasteiger partial charge is 0.271 e. The van der Waals surface area contributed by atoms with Crippen LogP contribution in [0.2, 0.25) is 5.02 Å². The lowest BCUT2D eigenvalue weighted by Crippen LogP contribution is -2.06. The minimum atomic E-state index is -0.451. The second kappa shape index (κ2) is 7.09. The van der Waals surface area contributed by atoms with Gasteiger partial charge in [0.2, 0.25) is 0 Å². The highest BCUT2D eigenvalue weighted by molar-refractivity contribution is 6.33. The second-order valence-electron chi connectivity index (χ2n) is 4.95. The van der Waals surface area contributed by atoms with Crippen molar-refractivity contribution in [2.45, 2.75) is 19.3 Å². The molecule has 0 saturated carbocycles. The number of rotatable bonds is 6. The van der Waals surface area contributed by atoms with Crippen LogP contribution in [0.25, 0.3) is 0 Å². The number of halogens is 1. The zero-order valence-corrected chi connectivity index (χ0v) is 12.5. The maximum Gasteiger partial charge on any atom is 0.271 e. The van der Waals surface area contributed by atoms with Gasteiger partial charge in [0, 0.05) is 18.7 Å². The van der Waals surface area contributed by atoms with Gasteiger partial charge < -0.3 is 5.32 Å². The van der Waals surface area contributed by atoms with Crippen molar-refractivity contribution in [3.05, 3.63) is 69.2 Å². The van der Waals surface area contributed by atoms with Gasteiger partial charge in [0.25, 0.3) is 5.69 Å². The minimum Gasteiger partial charge on any atom is -0.384 e. The molecule has 110 valence electrons. The van der Waals surface area contributed by atoms with E-state index in [0.29, 0.717) is 10.9 Å². The first-order chi connectivity index (χ1) is 10.1. The number of non-ortho nitro benzene ring substituents is 1. The zero-order valence-electron chi connectivity index (χ0n) is 11.8. The molecule has 4 nitrogen and oxygen atoms in total. The summed E-state index contributed by atoms with van der Waals surface area (Å²) in [6.45, 7) is 2.93. The van der Waals surface area contributed by atoms with Crippen molar-refractivity contribution >= 4 is 23.0 Å². The minimum absolute atomic E-state index is 0.00297.